The van der Waals surface area contributed by atoms with Gasteiger partial charge in [0.1, 0.15) is 22.8 Å². The normalized spacial score (nSPS) is 13.7. The number of halogens is 2. The lowest BCUT2D eigenvalue weighted by atomic mass is 10.0. The summed E-state index contributed by atoms with van der Waals surface area (Å²) in [7, 11) is 0. The average Bonchev–Trinajstić information content (AvgIpc) is 2.98. The fraction of sp³-hybridized carbons (Fsp3) is 0.167. The van der Waals surface area contributed by atoms with E-state index in [2.05, 4.69) is 5.32 Å². The first kappa shape index (κ1) is 16.5. The summed E-state index contributed by atoms with van der Waals surface area (Å²) in [6.45, 7) is 1.45. The third-order valence-corrected chi connectivity index (χ3v) is 4.04. The fourth-order valence-electron chi connectivity index (χ4n) is 2.36. The lowest BCUT2D eigenvalue weighted by Crippen LogP contribution is -2.38. The number of fused-ring (bicyclic) bond motifs is 1. The predicted molar refractivity (Wildman–Crippen MR) is 89.5 cm³/mol. The van der Waals surface area contributed by atoms with Crippen LogP contribution in [0.4, 0.5) is 4.39 Å². The average molecular weight is 348 g/mol. The van der Waals surface area contributed by atoms with Crippen LogP contribution in [0, 0.1) is 5.82 Å². The number of carbonyl (C=O) groups is 1. The van der Waals surface area contributed by atoms with Crippen LogP contribution in [0.5, 0.6) is 0 Å². The van der Waals surface area contributed by atoms with E-state index < -0.39 is 17.3 Å². The lowest BCUT2D eigenvalue weighted by Gasteiger charge is -2.21. The summed E-state index contributed by atoms with van der Waals surface area (Å²) in [5.41, 5.74) is -0.611. The molecular formula is C18H15ClFNO3. The van der Waals surface area contributed by atoms with Crippen molar-refractivity contribution < 1.29 is 18.7 Å². The molecule has 1 aromatic heterocycles. The number of aliphatic hydroxyl groups is 1. The van der Waals surface area contributed by atoms with Gasteiger partial charge in [0.25, 0.3) is 5.91 Å². The van der Waals surface area contributed by atoms with E-state index in [1.54, 1.807) is 12.1 Å². The first-order valence-corrected chi connectivity index (χ1v) is 7.69. The summed E-state index contributed by atoms with van der Waals surface area (Å²) >= 11 is 5.86. The maximum atomic E-state index is 13.0. The summed E-state index contributed by atoms with van der Waals surface area (Å²) in [5, 5.41) is 14.1. The van der Waals surface area contributed by atoms with Crippen molar-refractivity contribution in [1.29, 1.82) is 0 Å². The Morgan fingerprint density at radius 3 is 2.75 bits per heavy atom. The van der Waals surface area contributed by atoms with Crippen LogP contribution in [-0.2, 0) is 5.60 Å². The van der Waals surface area contributed by atoms with Crippen LogP contribution in [0.15, 0.2) is 52.9 Å². The molecule has 0 aliphatic rings. The molecule has 3 aromatic rings. The first-order valence-electron chi connectivity index (χ1n) is 7.31. The Morgan fingerprint density at radius 2 is 2.04 bits per heavy atom. The van der Waals surface area contributed by atoms with Crippen LogP contribution in [-0.4, -0.2) is 17.6 Å². The molecule has 0 bridgehead atoms. The predicted octanol–water partition coefficient (Wildman–Crippen LogP) is 3.86. The van der Waals surface area contributed by atoms with E-state index in [1.807, 2.05) is 18.2 Å². The van der Waals surface area contributed by atoms with Crippen LogP contribution < -0.4 is 5.32 Å². The van der Waals surface area contributed by atoms with Gasteiger partial charge in [-0.1, -0.05) is 29.8 Å². The van der Waals surface area contributed by atoms with E-state index in [0.717, 1.165) is 17.5 Å². The summed E-state index contributed by atoms with van der Waals surface area (Å²) in [6.07, 6.45) is 0. The molecule has 0 saturated carbocycles. The molecule has 0 saturated heterocycles. The van der Waals surface area contributed by atoms with E-state index in [0.29, 0.717) is 11.3 Å². The molecule has 3 rings (SSSR count). The molecule has 6 heteroatoms. The number of benzene rings is 2. The van der Waals surface area contributed by atoms with Crippen molar-refractivity contribution in [2.45, 2.75) is 12.5 Å². The molecule has 2 N–H and O–H groups in total. The number of amides is 1. The Kier molecular flexibility index (Phi) is 4.30. The molecule has 4 nitrogen and oxygen atoms in total. The van der Waals surface area contributed by atoms with Gasteiger partial charge < -0.3 is 14.8 Å². The molecule has 24 heavy (non-hydrogen) atoms. The second-order valence-corrected chi connectivity index (χ2v) is 6.14. The Morgan fingerprint density at radius 1 is 1.29 bits per heavy atom. The highest BCUT2D eigenvalue weighted by Gasteiger charge is 2.28. The highest BCUT2D eigenvalue weighted by molar-refractivity contribution is 6.33. The monoisotopic (exact) mass is 347 g/mol. The molecule has 0 aliphatic heterocycles. The molecule has 124 valence electrons. The highest BCUT2D eigenvalue weighted by Crippen LogP contribution is 2.27. The van der Waals surface area contributed by atoms with Crippen LogP contribution in [0.2, 0.25) is 5.02 Å². The first-order chi connectivity index (χ1) is 11.4. The van der Waals surface area contributed by atoms with Gasteiger partial charge in [-0.05, 0) is 37.3 Å². The third-order valence-electron chi connectivity index (χ3n) is 3.73. The van der Waals surface area contributed by atoms with E-state index in [9.17, 15) is 14.3 Å². The maximum Gasteiger partial charge on any atom is 0.252 e. The zero-order chi connectivity index (χ0) is 17.3. The third kappa shape index (κ3) is 3.27. The summed E-state index contributed by atoms with van der Waals surface area (Å²) in [5.74, 6) is -0.684. The lowest BCUT2D eigenvalue weighted by molar-refractivity contribution is 0.0344. The van der Waals surface area contributed by atoms with Crippen LogP contribution >= 0.6 is 11.6 Å². The molecule has 1 heterocycles. The number of hydrogen-bond donors (Lipinski definition) is 2. The van der Waals surface area contributed by atoms with Gasteiger partial charge in [-0.25, -0.2) is 4.39 Å². The molecular weight excluding hydrogens is 333 g/mol. The Bertz CT molecular complexity index is 871. The van der Waals surface area contributed by atoms with E-state index >= 15 is 0 Å². The van der Waals surface area contributed by atoms with Crippen molar-refractivity contribution in [3.63, 3.8) is 0 Å². The topological polar surface area (TPSA) is 62.5 Å². The molecule has 1 atom stereocenters. The van der Waals surface area contributed by atoms with E-state index in [1.165, 1.54) is 13.0 Å². The molecule has 0 spiro atoms. The minimum absolute atomic E-state index is 0.0101. The standard InChI is InChI=1S/C18H15ClFNO3/c1-18(23,16-8-11-4-2-3-5-15(11)24-16)10-21-17(22)13-7-6-12(20)9-14(13)19/h2-9,23H,10H2,1H3,(H,21,22)/t18-/m1/s1. The zero-order valence-electron chi connectivity index (χ0n) is 12.8. The largest absolute Gasteiger partial charge is 0.458 e. The van der Waals surface area contributed by atoms with Gasteiger partial charge in [0.2, 0.25) is 0 Å². The fourth-order valence-corrected chi connectivity index (χ4v) is 2.61. The van der Waals surface area contributed by atoms with Crippen LogP contribution in [0.3, 0.4) is 0 Å². The van der Waals surface area contributed by atoms with Crippen molar-refractivity contribution in [1.82, 2.24) is 5.32 Å². The van der Waals surface area contributed by atoms with Gasteiger partial charge >= 0.3 is 0 Å². The van der Waals surface area contributed by atoms with Gasteiger partial charge in [0.15, 0.2) is 0 Å². The second kappa shape index (κ2) is 6.26. The molecule has 0 unspecified atom stereocenters. The van der Waals surface area contributed by atoms with Gasteiger partial charge in [-0.3, -0.25) is 4.79 Å². The number of hydrogen-bond acceptors (Lipinski definition) is 3. The summed E-state index contributed by atoms with van der Waals surface area (Å²) in [6, 6.07) is 12.6. The molecule has 2 aromatic carbocycles. The van der Waals surface area contributed by atoms with Gasteiger partial charge in [0, 0.05) is 5.39 Å². The maximum absolute atomic E-state index is 13.0. The number of rotatable bonds is 4. The van der Waals surface area contributed by atoms with Gasteiger partial charge in [-0.2, -0.15) is 0 Å². The molecule has 1 amide bonds. The minimum Gasteiger partial charge on any atom is -0.458 e. The molecule has 0 aliphatic carbocycles. The number of carbonyl (C=O) groups excluding carboxylic acids is 1. The van der Waals surface area contributed by atoms with Crippen molar-refractivity contribution in [3.8, 4) is 0 Å². The van der Waals surface area contributed by atoms with Crippen molar-refractivity contribution in [2.24, 2.45) is 0 Å². The zero-order valence-corrected chi connectivity index (χ0v) is 13.6. The number of para-hydroxylation sites is 1. The Labute approximate surface area is 142 Å². The molecule has 0 radical (unpaired) electrons. The Balaban J connectivity index is 1.75. The van der Waals surface area contributed by atoms with E-state index in [-0.39, 0.29) is 17.1 Å². The Hall–Kier alpha value is -2.37. The van der Waals surface area contributed by atoms with Gasteiger partial charge in [-0.15, -0.1) is 0 Å². The van der Waals surface area contributed by atoms with Crippen molar-refractivity contribution in [2.75, 3.05) is 6.54 Å². The highest BCUT2D eigenvalue weighted by atomic mass is 35.5. The quantitative estimate of drug-likeness (QED) is 0.753. The summed E-state index contributed by atoms with van der Waals surface area (Å²) < 4.78 is 18.7. The van der Waals surface area contributed by atoms with Crippen LogP contribution in [0.1, 0.15) is 23.0 Å². The molecule has 0 fully saturated rings. The number of furan rings is 1. The van der Waals surface area contributed by atoms with Crippen LogP contribution in [0.25, 0.3) is 11.0 Å². The SMILES string of the molecule is C[C@@](O)(CNC(=O)c1ccc(F)cc1Cl)c1cc2ccccc2o1. The summed E-state index contributed by atoms with van der Waals surface area (Å²) in [4.78, 5) is 12.2. The minimum atomic E-state index is -1.40. The second-order valence-electron chi connectivity index (χ2n) is 5.73. The van der Waals surface area contributed by atoms with Crippen molar-refractivity contribution >= 4 is 28.5 Å². The number of nitrogens with one attached hydrogen (secondary N) is 1. The van der Waals surface area contributed by atoms with Gasteiger partial charge in [0.05, 0.1) is 17.1 Å². The van der Waals surface area contributed by atoms with Crippen molar-refractivity contribution in [3.05, 3.63) is 70.7 Å². The van der Waals surface area contributed by atoms with E-state index in [4.69, 9.17) is 16.0 Å². The smallest absolute Gasteiger partial charge is 0.252 e.